The van der Waals surface area contributed by atoms with Gasteiger partial charge in [-0.3, -0.25) is 14.4 Å². The van der Waals surface area contributed by atoms with Crippen molar-refractivity contribution in [1.82, 2.24) is 10.2 Å². The highest BCUT2D eigenvalue weighted by molar-refractivity contribution is 5.89. The van der Waals surface area contributed by atoms with Gasteiger partial charge in [-0.05, 0) is 12.5 Å². The van der Waals surface area contributed by atoms with Crippen molar-refractivity contribution in [3.63, 3.8) is 0 Å². The summed E-state index contributed by atoms with van der Waals surface area (Å²) in [5, 5.41) is 3.08. The van der Waals surface area contributed by atoms with E-state index in [4.69, 9.17) is 11.5 Å². The molecule has 1 saturated heterocycles. The molecule has 1 rings (SSSR count). The lowest BCUT2D eigenvalue weighted by atomic mass is 9.96. The van der Waals surface area contributed by atoms with E-state index in [0.29, 0.717) is 6.54 Å². The topological polar surface area (TPSA) is 119 Å². The van der Waals surface area contributed by atoms with Crippen LogP contribution in [0.15, 0.2) is 0 Å². The fourth-order valence-corrected chi connectivity index (χ4v) is 1.96. The maximum Gasteiger partial charge on any atom is 0.237 e. The highest BCUT2D eigenvalue weighted by Gasteiger charge is 2.33. The number of rotatable bonds is 5. The molecule has 7 nitrogen and oxygen atoms in total. The molecule has 0 aromatic heterocycles. The van der Waals surface area contributed by atoms with Crippen LogP contribution in [0.25, 0.3) is 0 Å². The maximum absolute atomic E-state index is 12.1. The van der Waals surface area contributed by atoms with Crippen LogP contribution < -0.4 is 16.8 Å². The molecule has 0 aromatic carbocycles. The number of nitrogens with one attached hydrogen (secondary N) is 1. The van der Waals surface area contributed by atoms with Crippen LogP contribution in [0.5, 0.6) is 0 Å². The lowest BCUT2D eigenvalue weighted by molar-refractivity contribution is -0.141. The summed E-state index contributed by atoms with van der Waals surface area (Å²) >= 11 is 0. The number of nitrogens with two attached hydrogens (primary N) is 2. The molecule has 3 amide bonds. The van der Waals surface area contributed by atoms with E-state index >= 15 is 0 Å². The first-order valence-corrected chi connectivity index (χ1v) is 5.48. The van der Waals surface area contributed by atoms with Crippen molar-refractivity contribution in [2.45, 2.75) is 6.92 Å². The first-order chi connectivity index (χ1) is 7.91. The van der Waals surface area contributed by atoms with Crippen molar-refractivity contribution >= 4 is 17.7 Å². The van der Waals surface area contributed by atoms with E-state index in [9.17, 15) is 14.4 Å². The molecule has 17 heavy (non-hydrogen) atoms. The number of primary amides is 2. The number of hydrogen-bond donors (Lipinski definition) is 3. The summed E-state index contributed by atoms with van der Waals surface area (Å²) in [5.41, 5.74) is 10.1. The Kier molecular flexibility index (Phi) is 4.45. The molecule has 1 heterocycles. The predicted octanol–water partition coefficient (Wildman–Crippen LogP) is -2.36. The average Bonchev–Trinajstić information content (AvgIpc) is 2.61. The van der Waals surface area contributed by atoms with Gasteiger partial charge in [-0.25, -0.2) is 0 Å². The molecule has 1 fully saturated rings. The third-order valence-corrected chi connectivity index (χ3v) is 2.84. The Hall–Kier alpha value is -1.63. The molecular formula is C10H18N4O3. The molecule has 96 valence electrons. The summed E-state index contributed by atoms with van der Waals surface area (Å²) in [6, 6.07) is 0. The number of carbonyl (C=O) groups is 3. The van der Waals surface area contributed by atoms with Crippen molar-refractivity contribution < 1.29 is 14.4 Å². The van der Waals surface area contributed by atoms with E-state index in [1.54, 1.807) is 0 Å². The SMILES string of the molecule is C[C@@H]1CNC[C@H]1C(=O)N(CC(N)=O)CC(N)=O. The molecule has 0 unspecified atom stereocenters. The van der Waals surface area contributed by atoms with Gasteiger partial charge in [0.1, 0.15) is 0 Å². The highest BCUT2D eigenvalue weighted by Crippen LogP contribution is 2.18. The van der Waals surface area contributed by atoms with Gasteiger partial charge in [0.25, 0.3) is 0 Å². The normalized spacial score (nSPS) is 23.4. The van der Waals surface area contributed by atoms with Crippen LogP contribution in [0, 0.1) is 11.8 Å². The van der Waals surface area contributed by atoms with E-state index in [-0.39, 0.29) is 30.8 Å². The van der Waals surface area contributed by atoms with Gasteiger partial charge in [0.15, 0.2) is 0 Å². The molecule has 0 aromatic rings. The molecular weight excluding hydrogens is 224 g/mol. The van der Waals surface area contributed by atoms with E-state index in [2.05, 4.69) is 5.32 Å². The fraction of sp³-hybridized carbons (Fsp3) is 0.700. The monoisotopic (exact) mass is 242 g/mol. The van der Waals surface area contributed by atoms with Gasteiger partial charge < -0.3 is 21.7 Å². The van der Waals surface area contributed by atoms with E-state index < -0.39 is 11.8 Å². The second kappa shape index (κ2) is 5.62. The molecule has 1 aliphatic rings. The molecule has 7 heteroatoms. The van der Waals surface area contributed by atoms with Crippen molar-refractivity contribution in [2.24, 2.45) is 23.3 Å². The Labute approximate surface area is 99.5 Å². The van der Waals surface area contributed by atoms with Gasteiger partial charge in [0, 0.05) is 6.54 Å². The van der Waals surface area contributed by atoms with Crippen LogP contribution in [0.4, 0.5) is 0 Å². The zero-order valence-corrected chi connectivity index (χ0v) is 9.81. The van der Waals surface area contributed by atoms with E-state index in [0.717, 1.165) is 11.4 Å². The number of hydrogen-bond acceptors (Lipinski definition) is 4. The lowest BCUT2D eigenvalue weighted by Crippen LogP contribution is -2.47. The second-order valence-electron chi connectivity index (χ2n) is 4.37. The Morgan fingerprint density at radius 3 is 2.06 bits per heavy atom. The molecule has 0 spiro atoms. The molecule has 1 aliphatic heterocycles. The number of amides is 3. The van der Waals surface area contributed by atoms with Crippen LogP contribution in [-0.4, -0.2) is 48.8 Å². The van der Waals surface area contributed by atoms with Gasteiger partial charge in [-0.2, -0.15) is 0 Å². The quantitative estimate of drug-likeness (QED) is 0.499. The molecule has 0 bridgehead atoms. The Bertz CT molecular complexity index is 316. The standard InChI is InChI=1S/C10H18N4O3/c1-6-2-13-3-7(6)10(17)14(4-8(11)15)5-9(12)16/h6-7,13H,2-5H2,1H3,(H2,11,15)(H2,12,16)/t6-,7-/m1/s1. The van der Waals surface area contributed by atoms with Crippen LogP contribution >= 0.6 is 0 Å². The Morgan fingerprint density at radius 1 is 1.18 bits per heavy atom. The smallest absolute Gasteiger partial charge is 0.237 e. The third kappa shape index (κ3) is 3.70. The first kappa shape index (κ1) is 13.4. The van der Waals surface area contributed by atoms with Crippen LogP contribution in [-0.2, 0) is 14.4 Å². The molecule has 2 atom stereocenters. The summed E-state index contributed by atoms with van der Waals surface area (Å²) in [6.07, 6.45) is 0. The summed E-state index contributed by atoms with van der Waals surface area (Å²) in [4.78, 5) is 34.9. The van der Waals surface area contributed by atoms with Gasteiger partial charge in [0.05, 0.1) is 19.0 Å². The third-order valence-electron chi connectivity index (χ3n) is 2.84. The highest BCUT2D eigenvalue weighted by atomic mass is 16.2. The number of carbonyl (C=O) groups excluding carboxylic acids is 3. The van der Waals surface area contributed by atoms with Crippen molar-refractivity contribution in [3.05, 3.63) is 0 Å². The van der Waals surface area contributed by atoms with Crippen LogP contribution in [0.2, 0.25) is 0 Å². The molecule has 5 N–H and O–H groups in total. The van der Waals surface area contributed by atoms with E-state index in [1.807, 2.05) is 6.92 Å². The minimum absolute atomic E-state index is 0.172. The minimum Gasteiger partial charge on any atom is -0.368 e. The first-order valence-electron chi connectivity index (χ1n) is 5.48. The zero-order valence-electron chi connectivity index (χ0n) is 9.81. The van der Waals surface area contributed by atoms with Gasteiger partial charge in [-0.1, -0.05) is 6.92 Å². The Morgan fingerprint density at radius 2 is 1.71 bits per heavy atom. The van der Waals surface area contributed by atoms with Gasteiger partial charge in [-0.15, -0.1) is 0 Å². The second-order valence-corrected chi connectivity index (χ2v) is 4.37. The van der Waals surface area contributed by atoms with Crippen molar-refractivity contribution in [3.8, 4) is 0 Å². The van der Waals surface area contributed by atoms with Gasteiger partial charge in [0.2, 0.25) is 17.7 Å². The molecule has 0 aliphatic carbocycles. The van der Waals surface area contributed by atoms with Crippen LogP contribution in [0.3, 0.4) is 0 Å². The fourth-order valence-electron chi connectivity index (χ4n) is 1.96. The Balaban J connectivity index is 2.70. The van der Waals surface area contributed by atoms with Crippen molar-refractivity contribution in [2.75, 3.05) is 26.2 Å². The lowest BCUT2D eigenvalue weighted by Gasteiger charge is -2.24. The summed E-state index contributed by atoms with van der Waals surface area (Å²) < 4.78 is 0. The molecule has 0 radical (unpaired) electrons. The van der Waals surface area contributed by atoms with Crippen molar-refractivity contribution in [1.29, 1.82) is 0 Å². The number of nitrogens with zero attached hydrogens (tertiary/aromatic N) is 1. The molecule has 0 saturated carbocycles. The maximum atomic E-state index is 12.1. The summed E-state index contributed by atoms with van der Waals surface area (Å²) in [6.45, 7) is 2.69. The average molecular weight is 242 g/mol. The zero-order chi connectivity index (χ0) is 13.0. The van der Waals surface area contributed by atoms with E-state index in [1.165, 1.54) is 0 Å². The summed E-state index contributed by atoms with van der Waals surface area (Å²) in [5.74, 6) is -1.61. The predicted molar refractivity (Wildman–Crippen MR) is 60.5 cm³/mol. The van der Waals surface area contributed by atoms with Gasteiger partial charge >= 0.3 is 0 Å². The summed E-state index contributed by atoms with van der Waals surface area (Å²) in [7, 11) is 0. The van der Waals surface area contributed by atoms with Crippen LogP contribution in [0.1, 0.15) is 6.92 Å². The minimum atomic E-state index is -0.654. The largest absolute Gasteiger partial charge is 0.368 e.